The molecule has 11 heteroatoms. The van der Waals surface area contributed by atoms with E-state index >= 15 is 0 Å². The van der Waals surface area contributed by atoms with Crippen LogP contribution in [0, 0.1) is 12.7 Å². The lowest BCUT2D eigenvalue weighted by atomic mass is 10.1. The maximum absolute atomic E-state index is 13.5. The van der Waals surface area contributed by atoms with Crippen LogP contribution in [-0.2, 0) is 11.3 Å². The Morgan fingerprint density at radius 1 is 1.09 bits per heavy atom. The number of nitrogen functional groups attached to an aromatic ring is 1. The van der Waals surface area contributed by atoms with Crippen LogP contribution in [0.3, 0.4) is 0 Å². The first-order valence-electron chi connectivity index (χ1n) is 9.45. The lowest BCUT2D eigenvalue weighted by molar-refractivity contribution is -0.275. The molecule has 0 unspecified atom stereocenters. The molecule has 0 atom stereocenters. The van der Waals surface area contributed by atoms with E-state index in [1.807, 2.05) is 0 Å². The van der Waals surface area contributed by atoms with Crippen molar-refractivity contribution in [2.45, 2.75) is 19.9 Å². The first-order chi connectivity index (χ1) is 15.6. The summed E-state index contributed by atoms with van der Waals surface area (Å²) in [6, 6.07) is 10.3. The number of ether oxygens (including phenoxy) is 3. The highest BCUT2D eigenvalue weighted by atomic mass is 19.4. The second kappa shape index (κ2) is 9.74. The Morgan fingerprint density at radius 3 is 2.39 bits per heavy atom. The van der Waals surface area contributed by atoms with Gasteiger partial charge in [0.25, 0.3) is 5.91 Å². The topological polar surface area (TPSA) is 95.7 Å². The molecule has 3 aromatic rings. The number of hydrogen-bond donors (Lipinski definition) is 2. The summed E-state index contributed by atoms with van der Waals surface area (Å²) in [6.45, 7) is 2.04. The molecule has 174 valence electrons. The Kier molecular flexibility index (Phi) is 7.02. The van der Waals surface area contributed by atoms with Crippen molar-refractivity contribution in [2.75, 3.05) is 18.2 Å². The van der Waals surface area contributed by atoms with Crippen molar-refractivity contribution in [3.8, 4) is 17.2 Å². The van der Waals surface area contributed by atoms with Crippen LogP contribution in [-0.4, -0.2) is 24.4 Å². The lowest BCUT2D eigenvalue weighted by Crippen LogP contribution is -2.17. The molecule has 3 N–H and O–H groups in total. The molecular formula is C22H19F4N3O4. The maximum atomic E-state index is 13.5. The molecule has 0 radical (unpaired) electrons. The molecule has 1 heterocycles. The van der Waals surface area contributed by atoms with Crippen LogP contribution in [0.1, 0.15) is 21.6 Å². The summed E-state index contributed by atoms with van der Waals surface area (Å²) in [6.07, 6.45) is -5.04. The summed E-state index contributed by atoms with van der Waals surface area (Å²) in [7, 11) is 1.52. The molecule has 3 rings (SSSR count). The average molecular weight is 465 g/mol. The number of carbonyl (C=O) groups excluding carboxylic acids is 1. The SMILES string of the molecule is COCc1nc(N)c(C(=O)Nc2ccc(Oc3ccc(F)c(OC(F)(F)F)c3)cc2)cc1C. The number of pyridine rings is 1. The van der Waals surface area contributed by atoms with E-state index in [2.05, 4.69) is 15.0 Å². The summed E-state index contributed by atoms with van der Waals surface area (Å²) in [5.41, 5.74) is 7.86. The van der Waals surface area contributed by atoms with Gasteiger partial charge in [0, 0.05) is 18.9 Å². The molecule has 0 aliphatic rings. The van der Waals surface area contributed by atoms with E-state index in [0.717, 1.165) is 23.8 Å². The number of anilines is 2. The Balaban J connectivity index is 1.69. The Hall–Kier alpha value is -3.86. The monoisotopic (exact) mass is 465 g/mol. The van der Waals surface area contributed by atoms with E-state index in [9.17, 15) is 22.4 Å². The van der Waals surface area contributed by atoms with Gasteiger partial charge < -0.3 is 25.3 Å². The van der Waals surface area contributed by atoms with Crippen molar-refractivity contribution in [3.63, 3.8) is 0 Å². The lowest BCUT2D eigenvalue weighted by Gasteiger charge is -2.13. The highest BCUT2D eigenvalue weighted by Gasteiger charge is 2.32. The molecule has 0 bridgehead atoms. The molecule has 1 aromatic heterocycles. The normalized spacial score (nSPS) is 11.2. The molecule has 0 spiro atoms. The number of carbonyl (C=O) groups is 1. The second-order valence-electron chi connectivity index (χ2n) is 6.84. The predicted octanol–water partition coefficient (Wildman–Crippen LogP) is 5.20. The number of aryl methyl sites for hydroxylation is 1. The maximum Gasteiger partial charge on any atom is 0.573 e. The number of aromatic nitrogens is 1. The smallest absolute Gasteiger partial charge is 0.457 e. The second-order valence-corrected chi connectivity index (χ2v) is 6.84. The highest BCUT2D eigenvalue weighted by molar-refractivity contribution is 6.07. The van der Waals surface area contributed by atoms with E-state index in [-0.39, 0.29) is 29.5 Å². The van der Waals surface area contributed by atoms with Crippen LogP contribution < -0.4 is 20.5 Å². The number of hydrogen-bond acceptors (Lipinski definition) is 6. The van der Waals surface area contributed by atoms with Gasteiger partial charge in [-0.15, -0.1) is 13.2 Å². The fourth-order valence-electron chi connectivity index (χ4n) is 2.82. The predicted molar refractivity (Wildman–Crippen MR) is 112 cm³/mol. The molecular weight excluding hydrogens is 446 g/mol. The van der Waals surface area contributed by atoms with Crippen molar-refractivity contribution in [1.29, 1.82) is 0 Å². The van der Waals surface area contributed by atoms with Crippen LogP contribution >= 0.6 is 0 Å². The first kappa shape index (κ1) is 23.8. The highest BCUT2D eigenvalue weighted by Crippen LogP contribution is 2.31. The number of alkyl halides is 3. The number of benzene rings is 2. The molecule has 7 nitrogen and oxygen atoms in total. The Labute approximate surface area is 186 Å². The van der Waals surface area contributed by atoms with Gasteiger partial charge in [0.15, 0.2) is 11.6 Å². The fraction of sp³-hybridized carbons (Fsp3) is 0.182. The fourth-order valence-corrected chi connectivity index (χ4v) is 2.82. The zero-order valence-corrected chi connectivity index (χ0v) is 17.5. The van der Waals surface area contributed by atoms with Crippen LogP contribution in [0.15, 0.2) is 48.5 Å². The first-order valence-corrected chi connectivity index (χ1v) is 9.45. The molecule has 0 aliphatic carbocycles. The van der Waals surface area contributed by atoms with Crippen LogP contribution in [0.5, 0.6) is 17.2 Å². The van der Waals surface area contributed by atoms with Crippen molar-refractivity contribution >= 4 is 17.4 Å². The minimum absolute atomic E-state index is 0.0540. The zero-order valence-electron chi connectivity index (χ0n) is 17.5. The standard InChI is InChI=1S/C22H19F4N3O4/c1-12-9-16(20(27)29-18(12)11-31-2)21(30)28-13-3-5-14(6-4-13)32-15-7-8-17(23)19(10-15)33-22(24,25)26/h3-10H,11H2,1-2H3,(H2,27,29)(H,28,30). The molecule has 2 aromatic carbocycles. The molecule has 0 saturated carbocycles. The third kappa shape index (κ3) is 6.32. The number of rotatable bonds is 7. The number of methoxy groups -OCH3 is 1. The van der Waals surface area contributed by atoms with Gasteiger partial charge in [-0.1, -0.05) is 0 Å². The summed E-state index contributed by atoms with van der Waals surface area (Å²) in [5.74, 6) is -2.46. The van der Waals surface area contributed by atoms with Gasteiger partial charge in [0.1, 0.15) is 17.3 Å². The van der Waals surface area contributed by atoms with Crippen LogP contribution in [0.2, 0.25) is 0 Å². The van der Waals surface area contributed by atoms with Crippen LogP contribution in [0.25, 0.3) is 0 Å². The number of nitrogens with two attached hydrogens (primary N) is 1. The summed E-state index contributed by atoms with van der Waals surface area (Å²) < 4.78 is 64.7. The summed E-state index contributed by atoms with van der Waals surface area (Å²) in [5, 5.41) is 2.67. The van der Waals surface area contributed by atoms with Gasteiger partial charge in [-0.2, -0.15) is 0 Å². The van der Waals surface area contributed by atoms with Crippen LogP contribution in [0.4, 0.5) is 29.1 Å². The minimum Gasteiger partial charge on any atom is -0.457 e. The number of halogens is 4. The van der Waals surface area contributed by atoms with Crippen molar-refractivity contribution in [3.05, 3.63) is 71.2 Å². The van der Waals surface area contributed by atoms with Gasteiger partial charge in [0.2, 0.25) is 0 Å². The zero-order chi connectivity index (χ0) is 24.2. The van der Waals surface area contributed by atoms with Gasteiger partial charge in [-0.05, 0) is 55.0 Å². The molecule has 33 heavy (non-hydrogen) atoms. The van der Waals surface area contributed by atoms with Crippen molar-refractivity contribution in [1.82, 2.24) is 4.98 Å². The third-order valence-corrected chi connectivity index (χ3v) is 4.35. The summed E-state index contributed by atoms with van der Waals surface area (Å²) >= 11 is 0. The third-order valence-electron chi connectivity index (χ3n) is 4.35. The Bertz CT molecular complexity index is 1150. The largest absolute Gasteiger partial charge is 0.573 e. The van der Waals surface area contributed by atoms with E-state index < -0.39 is 23.8 Å². The minimum atomic E-state index is -5.04. The Morgan fingerprint density at radius 2 is 1.76 bits per heavy atom. The molecule has 1 amide bonds. The quantitative estimate of drug-likeness (QED) is 0.466. The van der Waals surface area contributed by atoms with Gasteiger partial charge in [0.05, 0.1) is 17.9 Å². The molecule has 0 saturated heterocycles. The molecule has 0 aliphatic heterocycles. The average Bonchev–Trinajstić information content (AvgIpc) is 2.73. The van der Waals surface area contributed by atoms with Crippen molar-refractivity contribution in [2.24, 2.45) is 0 Å². The number of nitrogens with zero attached hydrogens (tertiary/aromatic N) is 1. The van der Waals surface area contributed by atoms with Gasteiger partial charge >= 0.3 is 6.36 Å². The van der Waals surface area contributed by atoms with E-state index in [1.165, 1.54) is 31.4 Å². The van der Waals surface area contributed by atoms with E-state index in [0.29, 0.717) is 11.4 Å². The number of nitrogens with one attached hydrogen (secondary N) is 1. The van der Waals surface area contributed by atoms with E-state index in [4.69, 9.17) is 15.2 Å². The summed E-state index contributed by atoms with van der Waals surface area (Å²) in [4.78, 5) is 16.8. The van der Waals surface area contributed by atoms with Crippen molar-refractivity contribution < 1.29 is 36.6 Å². The van der Waals surface area contributed by atoms with Gasteiger partial charge in [-0.25, -0.2) is 9.37 Å². The van der Waals surface area contributed by atoms with Gasteiger partial charge in [-0.3, -0.25) is 4.79 Å². The van der Waals surface area contributed by atoms with E-state index in [1.54, 1.807) is 13.0 Å². The molecule has 0 fully saturated rings. The number of amides is 1.